The standard InChI is InChI=1S/C20H21BrN2O4/c1-13-5-3-4-6-17(13)20(26)22-12-11-18(24)27-14(2)19(25)23-16-9-7-15(21)8-10-16/h3-10,14H,11-12H2,1-2H3,(H,22,26)(H,23,25). The number of anilines is 1. The number of ether oxygens (including phenoxy) is 1. The molecule has 2 rings (SSSR count). The number of esters is 1. The molecule has 0 aliphatic rings. The van der Waals surface area contributed by atoms with Gasteiger partial charge in [-0.1, -0.05) is 34.1 Å². The Bertz CT molecular complexity index is 821. The van der Waals surface area contributed by atoms with Gasteiger partial charge >= 0.3 is 5.97 Å². The monoisotopic (exact) mass is 432 g/mol. The summed E-state index contributed by atoms with van der Waals surface area (Å²) >= 11 is 3.31. The molecule has 0 aromatic heterocycles. The second kappa shape index (κ2) is 9.87. The lowest BCUT2D eigenvalue weighted by atomic mass is 10.1. The first-order valence-corrected chi connectivity index (χ1v) is 9.26. The molecule has 0 saturated heterocycles. The first-order valence-electron chi connectivity index (χ1n) is 8.46. The Balaban J connectivity index is 1.74. The Labute approximate surface area is 166 Å². The predicted molar refractivity (Wildman–Crippen MR) is 106 cm³/mol. The lowest BCUT2D eigenvalue weighted by molar-refractivity contribution is -0.153. The molecule has 0 radical (unpaired) electrons. The van der Waals surface area contributed by atoms with Crippen LogP contribution in [0.15, 0.2) is 53.0 Å². The number of rotatable bonds is 7. The maximum absolute atomic E-state index is 12.1. The summed E-state index contributed by atoms with van der Waals surface area (Å²) in [7, 11) is 0. The molecule has 0 saturated carbocycles. The molecule has 2 aromatic carbocycles. The Morgan fingerprint density at radius 2 is 1.74 bits per heavy atom. The van der Waals surface area contributed by atoms with Crippen LogP contribution in [0.2, 0.25) is 0 Å². The maximum Gasteiger partial charge on any atom is 0.308 e. The highest BCUT2D eigenvalue weighted by Crippen LogP contribution is 2.14. The number of benzene rings is 2. The van der Waals surface area contributed by atoms with E-state index in [2.05, 4.69) is 26.6 Å². The van der Waals surface area contributed by atoms with Gasteiger partial charge in [-0.25, -0.2) is 0 Å². The summed E-state index contributed by atoms with van der Waals surface area (Å²) in [5.74, 6) is -1.23. The fraction of sp³-hybridized carbons (Fsp3) is 0.250. The van der Waals surface area contributed by atoms with Crippen LogP contribution in [0.5, 0.6) is 0 Å². The average molecular weight is 433 g/mol. The zero-order chi connectivity index (χ0) is 19.8. The van der Waals surface area contributed by atoms with Crippen molar-refractivity contribution in [3.05, 3.63) is 64.1 Å². The molecule has 0 spiro atoms. The van der Waals surface area contributed by atoms with Crippen molar-refractivity contribution >= 4 is 39.4 Å². The highest BCUT2D eigenvalue weighted by molar-refractivity contribution is 9.10. The molecule has 2 amide bonds. The number of halogens is 1. The van der Waals surface area contributed by atoms with Crippen molar-refractivity contribution in [1.29, 1.82) is 0 Å². The Morgan fingerprint density at radius 1 is 1.07 bits per heavy atom. The molecule has 2 aromatic rings. The quantitative estimate of drug-likeness (QED) is 0.656. The zero-order valence-corrected chi connectivity index (χ0v) is 16.7. The van der Waals surface area contributed by atoms with E-state index < -0.39 is 18.0 Å². The van der Waals surface area contributed by atoms with E-state index in [4.69, 9.17) is 4.74 Å². The van der Waals surface area contributed by atoms with E-state index >= 15 is 0 Å². The van der Waals surface area contributed by atoms with E-state index in [0.717, 1.165) is 10.0 Å². The summed E-state index contributed by atoms with van der Waals surface area (Å²) in [4.78, 5) is 36.0. The molecule has 27 heavy (non-hydrogen) atoms. The van der Waals surface area contributed by atoms with Gasteiger partial charge in [-0.05, 0) is 49.7 Å². The van der Waals surface area contributed by atoms with Crippen molar-refractivity contribution in [1.82, 2.24) is 5.32 Å². The highest BCUT2D eigenvalue weighted by Gasteiger charge is 2.18. The molecule has 0 heterocycles. The SMILES string of the molecule is Cc1ccccc1C(=O)NCCC(=O)OC(C)C(=O)Nc1ccc(Br)cc1. The second-order valence-corrected chi connectivity index (χ2v) is 6.86. The van der Waals surface area contributed by atoms with Crippen molar-refractivity contribution < 1.29 is 19.1 Å². The first kappa shape index (κ1) is 20.6. The number of nitrogens with one attached hydrogen (secondary N) is 2. The van der Waals surface area contributed by atoms with E-state index in [9.17, 15) is 14.4 Å². The van der Waals surface area contributed by atoms with Crippen LogP contribution < -0.4 is 10.6 Å². The van der Waals surface area contributed by atoms with Crippen LogP contribution in [0.1, 0.15) is 29.3 Å². The van der Waals surface area contributed by atoms with Crippen LogP contribution in [-0.4, -0.2) is 30.4 Å². The van der Waals surface area contributed by atoms with Crippen LogP contribution in [0.3, 0.4) is 0 Å². The first-order chi connectivity index (χ1) is 12.9. The van der Waals surface area contributed by atoms with E-state index in [-0.39, 0.29) is 18.9 Å². The van der Waals surface area contributed by atoms with Crippen LogP contribution in [0.25, 0.3) is 0 Å². The Morgan fingerprint density at radius 3 is 2.41 bits per heavy atom. The van der Waals surface area contributed by atoms with Gasteiger partial charge in [0.2, 0.25) is 0 Å². The van der Waals surface area contributed by atoms with Gasteiger partial charge in [0.15, 0.2) is 6.10 Å². The smallest absolute Gasteiger partial charge is 0.308 e. The fourth-order valence-corrected chi connectivity index (χ4v) is 2.55. The molecular weight excluding hydrogens is 412 g/mol. The molecule has 7 heteroatoms. The molecule has 142 valence electrons. The third-order valence-corrected chi connectivity index (χ3v) is 4.32. The minimum absolute atomic E-state index is 0.0203. The van der Waals surface area contributed by atoms with E-state index in [0.29, 0.717) is 11.3 Å². The molecule has 2 N–H and O–H groups in total. The molecule has 1 atom stereocenters. The highest BCUT2D eigenvalue weighted by atomic mass is 79.9. The molecule has 0 aliphatic carbocycles. The molecule has 1 unspecified atom stereocenters. The number of amides is 2. The van der Waals surface area contributed by atoms with Crippen molar-refractivity contribution in [3.8, 4) is 0 Å². The number of hydrogen-bond acceptors (Lipinski definition) is 4. The number of aryl methyl sites for hydroxylation is 1. The van der Waals surface area contributed by atoms with Crippen LogP contribution in [0, 0.1) is 6.92 Å². The normalized spacial score (nSPS) is 11.4. The zero-order valence-electron chi connectivity index (χ0n) is 15.1. The third-order valence-electron chi connectivity index (χ3n) is 3.79. The average Bonchev–Trinajstić information content (AvgIpc) is 2.63. The number of carbonyl (C=O) groups is 3. The van der Waals surface area contributed by atoms with Gasteiger partial charge in [0.05, 0.1) is 6.42 Å². The van der Waals surface area contributed by atoms with Crippen LogP contribution >= 0.6 is 15.9 Å². The Hall–Kier alpha value is -2.67. The maximum atomic E-state index is 12.1. The van der Waals surface area contributed by atoms with Crippen molar-refractivity contribution in [2.24, 2.45) is 0 Å². The summed E-state index contributed by atoms with van der Waals surface area (Å²) in [6.45, 7) is 3.47. The van der Waals surface area contributed by atoms with Crippen molar-refractivity contribution in [2.75, 3.05) is 11.9 Å². The largest absolute Gasteiger partial charge is 0.452 e. The van der Waals surface area contributed by atoms with E-state index in [1.807, 2.05) is 19.1 Å². The van der Waals surface area contributed by atoms with Gasteiger partial charge in [0.1, 0.15) is 0 Å². The Kier molecular flexibility index (Phi) is 7.55. The van der Waals surface area contributed by atoms with Crippen molar-refractivity contribution in [3.63, 3.8) is 0 Å². The van der Waals surface area contributed by atoms with Crippen LogP contribution in [-0.2, 0) is 14.3 Å². The topological polar surface area (TPSA) is 84.5 Å². The van der Waals surface area contributed by atoms with Gasteiger partial charge in [-0.3, -0.25) is 14.4 Å². The molecule has 0 bridgehead atoms. The predicted octanol–water partition coefficient (Wildman–Crippen LogP) is 3.45. The fourth-order valence-electron chi connectivity index (χ4n) is 2.29. The summed E-state index contributed by atoms with van der Waals surface area (Å²) in [5.41, 5.74) is 2.03. The van der Waals surface area contributed by atoms with Gasteiger partial charge < -0.3 is 15.4 Å². The van der Waals surface area contributed by atoms with E-state index in [1.54, 1.807) is 36.4 Å². The lowest BCUT2D eigenvalue weighted by Gasteiger charge is -2.14. The van der Waals surface area contributed by atoms with Gasteiger partial charge in [-0.15, -0.1) is 0 Å². The van der Waals surface area contributed by atoms with Gasteiger partial charge in [0.25, 0.3) is 11.8 Å². The summed E-state index contributed by atoms with van der Waals surface area (Å²) < 4.78 is 6.00. The third kappa shape index (κ3) is 6.53. The molecular formula is C20H21BrN2O4. The minimum Gasteiger partial charge on any atom is -0.452 e. The number of carbonyl (C=O) groups excluding carboxylic acids is 3. The number of hydrogen-bond donors (Lipinski definition) is 2. The minimum atomic E-state index is -0.937. The molecule has 6 nitrogen and oxygen atoms in total. The van der Waals surface area contributed by atoms with E-state index in [1.165, 1.54) is 6.92 Å². The van der Waals surface area contributed by atoms with Crippen molar-refractivity contribution in [2.45, 2.75) is 26.4 Å². The second-order valence-electron chi connectivity index (χ2n) is 5.95. The van der Waals surface area contributed by atoms with Gasteiger partial charge in [0, 0.05) is 22.3 Å². The molecule has 0 aliphatic heterocycles. The molecule has 0 fully saturated rings. The summed E-state index contributed by atoms with van der Waals surface area (Å²) in [5, 5.41) is 5.34. The summed E-state index contributed by atoms with van der Waals surface area (Å²) in [6.07, 6.45) is -0.957. The van der Waals surface area contributed by atoms with Crippen LogP contribution in [0.4, 0.5) is 5.69 Å². The van der Waals surface area contributed by atoms with Gasteiger partial charge in [-0.2, -0.15) is 0 Å². The summed E-state index contributed by atoms with van der Waals surface area (Å²) in [6, 6.07) is 14.3. The lowest BCUT2D eigenvalue weighted by Crippen LogP contribution is -2.32.